The van der Waals surface area contributed by atoms with Gasteiger partial charge in [-0.3, -0.25) is 4.79 Å². The minimum Gasteiger partial charge on any atom is -0.394 e. The molecule has 6 heteroatoms. The van der Waals surface area contributed by atoms with Crippen LogP contribution in [-0.4, -0.2) is 58.9 Å². The Kier molecular flexibility index (Phi) is 7.92. The fourth-order valence-corrected chi connectivity index (χ4v) is 2.06. The second kappa shape index (κ2) is 9.17. The molecule has 126 valence electrons. The largest absolute Gasteiger partial charge is 0.394 e. The minimum absolute atomic E-state index is 0.184. The van der Waals surface area contributed by atoms with Crippen molar-refractivity contribution >= 4 is 5.78 Å². The van der Waals surface area contributed by atoms with Gasteiger partial charge in [-0.25, -0.2) is 0 Å². The predicted molar refractivity (Wildman–Crippen MR) is 81.1 cm³/mol. The zero-order chi connectivity index (χ0) is 16.7. The maximum atomic E-state index is 11.6. The summed E-state index contributed by atoms with van der Waals surface area (Å²) >= 11 is 0. The Labute approximate surface area is 131 Å². The molecule has 1 aliphatic rings. The van der Waals surface area contributed by atoms with Crippen LogP contribution < -0.4 is 0 Å². The minimum atomic E-state index is -1.54. The van der Waals surface area contributed by atoms with Gasteiger partial charge in [-0.05, 0) is 33.6 Å². The summed E-state index contributed by atoms with van der Waals surface area (Å²) in [6, 6.07) is 0. The Morgan fingerprint density at radius 2 is 1.91 bits per heavy atom. The number of aliphatic hydroxyl groups excluding tert-OH is 3. The molecule has 0 aromatic heterocycles. The number of carbonyl (C=O) groups is 1. The Hall–Kier alpha value is -1.05. The van der Waals surface area contributed by atoms with Gasteiger partial charge >= 0.3 is 0 Å². The van der Waals surface area contributed by atoms with Crippen LogP contribution in [-0.2, 0) is 14.3 Å². The van der Waals surface area contributed by atoms with Gasteiger partial charge in [-0.15, -0.1) is 0 Å². The zero-order valence-corrected chi connectivity index (χ0v) is 13.4. The van der Waals surface area contributed by atoms with Gasteiger partial charge in [0, 0.05) is 0 Å². The molecular weight excluding hydrogens is 288 g/mol. The van der Waals surface area contributed by atoms with Crippen LogP contribution in [0.5, 0.6) is 0 Å². The third-order valence-corrected chi connectivity index (χ3v) is 3.47. The second-order valence-electron chi connectivity index (χ2n) is 5.72. The standard InChI is InChI=1S/C16H26O6/c1-10(2)5-4-6-11(3)7-8-21-16-15(20)14(19)13(18)12(9-17)22-16/h5,7,12-13,15-18,20H,4,6,8-9H2,1-3H3/b11-7+/t12?,13-,15-,16-/m1/s1. The van der Waals surface area contributed by atoms with E-state index in [1.807, 2.05) is 26.8 Å². The van der Waals surface area contributed by atoms with E-state index < -0.39 is 37.0 Å². The topological polar surface area (TPSA) is 96.2 Å². The highest BCUT2D eigenvalue weighted by Crippen LogP contribution is 2.19. The Morgan fingerprint density at radius 1 is 1.23 bits per heavy atom. The number of aliphatic hydroxyl groups is 3. The van der Waals surface area contributed by atoms with Crippen LogP contribution in [0, 0.1) is 0 Å². The number of rotatable bonds is 7. The number of ether oxygens (including phenoxy) is 2. The maximum absolute atomic E-state index is 11.6. The van der Waals surface area contributed by atoms with E-state index in [1.165, 1.54) is 5.57 Å². The zero-order valence-electron chi connectivity index (χ0n) is 13.4. The fourth-order valence-electron chi connectivity index (χ4n) is 2.06. The van der Waals surface area contributed by atoms with E-state index in [9.17, 15) is 15.0 Å². The van der Waals surface area contributed by atoms with Gasteiger partial charge in [-0.2, -0.15) is 0 Å². The molecule has 6 nitrogen and oxygen atoms in total. The second-order valence-corrected chi connectivity index (χ2v) is 5.72. The van der Waals surface area contributed by atoms with Crippen molar-refractivity contribution in [1.29, 1.82) is 0 Å². The van der Waals surface area contributed by atoms with E-state index in [0.29, 0.717) is 0 Å². The molecule has 22 heavy (non-hydrogen) atoms. The van der Waals surface area contributed by atoms with Crippen molar-refractivity contribution in [3.05, 3.63) is 23.3 Å². The summed E-state index contributed by atoms with van der Waals surface area (Å²) in [7, 11) is 0. The molecule has 0 aliphatic carbocycles. The van der Waals surface area contributed by atoms with Crippen molar-refractivity contribution in [2.75, 3.05) is 13.2 Å². The smallest absolute Gasteiger partial charge is 0.197 e. The Bertz CT molecular complexity index is 424. The molecule has 0 spiro atoms. The van der Waals surface area contributed by atoms with Crippen molar-refractivity contribution in [2.45, 2.75) is 58.2 Å². The van der Waals surface area contributed by atoms with Crippen molar-refractivity contribution in [2.24, 2.45) is 0 Å². The highest BCUT2D eigenvalue weighted by atomic mass is 16.7. The number of Topliss-reactive ketones (excluding diaryl/α,β-unsaturated/α-hetero) is 1. The summed E-state index contributed by atoms with van der Waals surface area (Å²) in [5, 5.41) is 28.3. The van der Waals surface area contributed by atoms with Gasteiger partial charge in [0.15, 0.2) is 18.2 Å². The summed E-state index contributed by atoms with van der Waals surface area (Å²) in [5.74, 6) is -0.792. The number of carbonyl (C=O) groups excluding carboxylic acids is 1. The van der Waals surface area contributed by atoms with Gasteiger partial charge in [0.25, 0.3) is 0 Å². The molecular formula is C16H26O6. The first-order valence-electron chi connectivity index (χ1n) is 7.43. The van der Waals surface area contributed by atoms with Gasteiger partial charge in [0.05, 0.1) is 13.2 Å². The lowest BCUT2D eigenvalue weighted by molar-refractivity contribution is -0.252. The number of hydrogen-bond donors (Lipinski definition) is 3. The van der Waals surface area contributed by atoms with Crippen LogP contribution in [0.4, 0.5) is 0 Å². The maximum Gasteiger partial charge on any atom is 0.197 e. The SMILES string of the molecule is CC(C)=CCC/C(C)=C/CO[C@@H]1OC(CO)[C@@H](O)C(=O)[C@H]1O. The van der Waals surface area contributed by atoms with Crippen molar-refractivity contribution in [3.63, 3.8) is 0 Å². The van der Waals surface area contributed by atoms with Crippen LogP contribution in [0.25, 0.3) is 0 Å². The molecule has 0 amide bonds. The molecule has 1 unspecified atom stereocenters. The van der Waals surface area contributed by atoms with Crippen LogP contribution in [0.15, 0.2) is 23.3 Å². The molecule has 1 fully saturated rings. The van der Waals surface area contributed by atoms with Crippen molar-refractivity contribution < 1.29 is 29.6 Å². The molecule has 4 atom stereocenters. The van der Waals surface area contributed by atoms with Crippen LogP contribution >= 0.6 is 0 Å². The first-order chi connectivity index (χ1) is 10.4. The number of hydrogen-bond acceptors (Lipinski definition) is 6. The first kappa shape index (κ1) is 19.0. The highest BCUT2D eigenvalue weighted by molar-refractivity contribution is 5.88. The number of ketones is 1. The van der Waals surface area contributed by atoms with Crippen LogP contribution in [0.3, 0.4) is 0 Å². The van der Waals surface area contributed by atoms with Gasteiger partial charge in [0.2, 0.25) is 0 Å². The third kappa shape index (κ3) is 5.62. The highest BCUT2D eigenvalue weighted by Gasteiger charge is 2.43. The Morgan fingerprint density at radius 3 is 2.50 bits per heavy atom. The molecule has 1 heterocycles. The van der Waals surface area contributed by atoms with Gasteiger partial charge in [0.1, 0.15) is 12.2 Å². The van der Waals surface area contributed by atoms with Gasteiger partial charge < -0.3 is 24.8 Å². The molecule has 0 bridgehead atoms. The normalized spacial score (nSPS) is 29.5. The summed E-state index contributed by atoms with van der Waals surface area (Å²) < 4.78 is 10.5. The molecule has 0 aromatic rings. The summed E-state index contributed by atoms with van der Waals surface area (Å²) in [5.41, 5.74) is 2.41. The van der Waals surface area contributed by atoms with Crippen LogP contribution in [0.1, 0.15) is 33.6 Å². The van der Waals surface area contributed by atoms with E-state index in [0.717, 1.165) is 18.4 Å². The average molecular weight is 314 g/mol. The van der Waals surface area contributed by atoms with E-state index in [4.69, 9.17) is 14.6 Å². The predicted octanol–water partition coefficient (Wildman–Crippen LogP) is 0.704. The molecule has 0 aromatic carbocycles. The quantitative estimate of drug-likeness (QED) is 0.599. The third-order valence-electron chi connectivity index (χ3n) is 3.47. The summed E-state index contributed by atoms with van der Waals surface area (Å²) in [6.07, 6.45) is 0.553. The van der Waals surface area contributed by atoms with E-state index in [-0.39, 0.29) is 6.61 Å². The molecule has 0 radical (unpaired) electrons. The van der Waals surface area contributed by atoms with E-state index >= 15 is 0 Å². The first-order valence-corrected chi connectivity index (χ1v) is 7.43. The van der Waals surface area contributed by atoms with Gasteiger partial charge in [-0.1, -0.05) is 23.3 Å². The lowest BCUT2D eigenvalue weighted by Crippen LogP contribution is -2.56. The lowest BCUT2D eigenvalue weighted by Gasteiger charge is -2.34. The molecule has 3 N–H and O–H groups in total. The fraction of sp³-hybridized carbons (Fsp3) is 0.688. The number of allylic oxidation sites excluding steroid dienone is 3. The molecule has 1 saturated heterocycles. The van der Waals surface area contributed by atoms with Crippen LogP contribution in [0.2, 0.25) is 0 Å². The van der Waals surface area contributed by atoms with Crippen molar-refractivity contribution in [3.8, 4) is 0 Å². The van der Waals surface area contributed by atoms with Crippen molar-refractivity contribution in [1.82, 2.24) is 0 Å². The average Bonchev–Trinajstić information content (AvgIpc) is 2.47. The summed E-state index contributed by atoms with van der Waals surface area (Å²) in [6.45, 7) is 5.74. The van der Waals surface area contributed by atoms with E-state index in [2.05, 4.69) is 6.08 Å². The van der Waals surface area contributed by atoms with E-state index in [1.54, 1.807) is 0 Å². The molecule has 1 rings (SSSR count). The lowest BCUT2D eigenvalue weighted by atomic mass is 10.0. The summed E-state index contributed by atoms with van der Waals surface area (Å²) in [4.78, 5) is 11.6. The Balaban J connectivity index is 2.46. The molecule has 0 saturated carbocycles. The monoisotopic (exact) mass is 314 g/mol. The molecule has 1 aliphatic heterocycles.